The molecule has 5 nitrogen and oxygen atoms in total. The molecule has 4 rings (SSSR count). The lowest BCUT2D eigenvalue weighted by Crippen LogP contribution is -2.27. The van der Waals surface area contributed by atoms with Crippen molar-refractivity contribution in [1.82, 2.24) is 5.32 Å². The number of carbonyl (C=O) groups excluding carboxylic acids is 2. The van der Waals surface area contributed by atoms with Gasteiger partial charge in [-0.25, -0.2) is 9.18 Å². The van der Waals surface area contributed by atoms with Gasteiger partial charge in [-0.05, 0) is 72.1 Å². The van der Waals surface area contributed by atoms with E-state index in [9.17, 15) is 14.0 Å². The summed E-state index contributed by atoms with van der Waals surface area (Å²) in [6, 6.07) is 24.0. The van der Waals surface area contributed by atoms with Crippen LogP contribution in [0.25, 0.3) is 10.8 Å². The van der Waals surface area contributed by atoms with Gasteiger partial charge in [0.25, 0.3) is 5.91 Å². The maximum atomic E-state index is 13.1. The minimum Gasteiger partial charge on any atom is -0.345 e. The summed E-state index contributed by atoms with van der Waals surface area (Å²) in [6.07, 6.45) is 0. The zero-order valence-electron chi connectivity index (χ0n) is 18.4. The predicted molar refractivity (Wildman–Crippen MR) is 130 cm³/mol. The first-order valence-corrected chi connectivity index (χ1v) is 10.6. The van der Waals surface area contributed by atoms with Crippen LogP contribution in [0.4, 0.5) is 20.6 Å². The molecule has 3 N–H and O–H groups in total. The van der Waals surface area contributed by atoms with Gasteiger partial charge in [0.05, 0.1) is 6.04 Å². The van der Waals surface area contributed by atoms with E-state index >= 15 is 0 Å². The molecule has 166 valence electrons. The van der Waals surface area contributed by atoms with Gasteiger partial charge >= 0.3 is 6.03 Å². The molecule has 0 aromatic heterocycles. The second-order valence-electron chi connectivity index (χ2n) is 7.88. The Kier molecular flexibility index (Phi) is 6.36. The normalized spacial score (nSPS) is 11.6. The van der Waals surface area contributed by atoms with E-state index in [1.165, 1.54) is 24.3 Å². The highest BCUT2D eigenvalue weighted by Gasteiger charge is 2.16. The first kappa shape index (κ1) is 22.0. The highest BCUT2D eigenvalue weighted by Crippen LogP contribution is 2.25. The third-order valence-electron chi connectivity index (χ3n) is 5.48. The van der Waals surface area contributed by atoms with Crippen molar-refractivity contribution in [3.05, 3.63) is 107 Å². The summed E-state index contributed by atoms with van der Waals surface area (Å²) >= 11 is 0. The van der Waals surface area contributed by atoms with E-state index in [-0.39, 0.29) is 17.8 Å². The summed E-state index contributed by atoms with van der Waals surface area (Å²) in [5, 5.41) is 10.6. The highest BCUT2D eigenvalue weighted by molar-refractivity contribution is 6.02. The minimum atomic E-state index is -0.485. The maximum Gasteiger partial charge on any atom is 0.323 e. The number of hydrogen-bond acceptors (Lipinski definition) is 2. The predicted octanol–water partition coefficient (Wildman–Crippen LogP) is 6.42. The number of carbonyl (C=O) groups is 2. The Hall–Kier alpha value is -4.19. The smallest absolute Gasteiger partial charge is 0.323 e. The number of anilines is 2. The molecule has 4 aromatic carbocycles. The van der Waals surface area contributed by atoms with Gasteiger partial charge in [-0.15, -0.1) is 0 Å². The van der Waals surface area contributed by atoms with Gasteiger partial charge in [-0.1, -0.05) is 48.5 Å². The number of halogens is 1. The third kappa shape index (κ3) is 5.18. The van der Waals surface area contributed by atoms with E-state index in [2.05, 4.69) is 16.0 Å². The van der Waals surface area contributed by atoms with Gasteiger partial charge < -0.3 is 16.0 Å². The fourth-order valence-corrected chi connectivity index (χ4v) is 3.75. The molecule has 0 aliphatic heterocycles. The molecule has 33 heavy (non-hydrogen) atoms. The molecular weight excluding hydrogens is 417 g/mol. The molecule has 4 aromatic rings. The Morgan fingerprint density at radius 1 is 0.818 bits per heavy atom. The van der Waals surface area contributed by atoms with Crippen LogP contribution in [0.3, 0.4) is 0 Å². The van der Waals surface area contributed by atoms with Crippen molar-refractivity contribution in [2.75, 3.05) is 10.6 Å². The summed E-state index contributed by atoms with van der Waals surface area (Å²) in [5.74, 6) is -0.608. The molecule has 0 saturated carbocycles. The molecule has 1 atom stereocenters. The van der Waals surface area contributed by atoms with Gasteiger partial charge in [0.15, 0.2) is 0 Å². The lowest BCUT2D eigenvalue weighted by atomic mass is 9.99. The van der Waals surface area contributed by atoms with Crippen molar-refractivity contribution in [3.63, 3.8) is 0 Å². The molecule has 0 spiro atoms. The van der Waals surface area contributed by atoms with Crippen LogP contribution in [0.1, 0.15) is 34.5 Å². The van der Waals surface area contributed by atoms with Crippen molar-refractivity contribution in [2.45, 2.75) is 19.9 Å². The van der Waals surface area contributed by atoms with E-state index in [1.54, 1.807) is 18.2 Å². The van der Waals surface area contributed by atoms with Crippen molar-refractivity contribution < 1.29 is 14.0 Å². The number of fused-ring (bicyclic) bond motifs is 1. The standard InChI is InChI=1S/C27H24FN3O2/c1-17-10-13-22(31-27(33)30-21-14-11-20(28)12-15-21)16-25(17)26(32)29-18(2)23-9-5-7-19-6-3-4-8-24(19)23/h3-16,18H,1-2H3,(H,29,32)(H2,30,31,33)/t18-/m1/s1. The topological polar surface area (TPSA) is 70.2 Å². The summed E-state index contributed by atoms with van der Waals surface area (Å²) in [6.45, 7) is 3.80. The Labute approximate surface area is 191 Å². The molecule has 0 radical (unpaired) electrons. The number of nitrogens with one attached hydrogen (secondary N) is 3. The number of benzene rings is 4. The molecule has 0 unspecified atom stereocenters. The van der Waals surface area contributed by atoms with E-state index < -0.39 is 6.03 Å². The van der Waals surface area contributed by atoms with Crippen LogP contribution in [0, 0.1) is 12.7 Å². The summed E-state index contributed by atoms with van der Waals surface area (Å²) in [7, 11) is 0. The van der Waals surface area contributed by atoms with Crippen molar-refractivity contribution in [1.29, 1.82) is 0 Å². The Morgan fingerprint density at radius 3 is 2.27 bits per heavy atom. The molecular formula is C27H24FN3O2. The van der Waals surface area contributed by atoms with E-state index in [1.807, 2.05) is 56.3 Å². The van der Waals surface area contributed by atoms with Gasteiger partial charge in [-0.3, -0.25) is 4.79 Å². The first-order chi connectivity index (χ1) is 15.9. The number of rotatable bonds is 5. The number of amides is 3. The van der Waals surface area contributed by atoms with Gasteiger partial charge in [0, 0.05) is 16.9 Å². The molecule has 3 amide bonds. The summed E-state index contributed by atoms with van der Waals surface area (Å²) < 4.78 is 13.0. The van der Waals surface area contributed by atoms with Crippen LogP contribution >= 0.6 is 0 Å². The second-order valence-corrected chi connectivity index (χ2v) is 7.88. The number of hydrogen-bond donors (Lipinski definition) is 3. The SMILES string of the molecule is Cc1ccc(NC(=O)Nc2ccc(F)cc2)cc1C(=O)N[C@H](C)c1cccc2ccccc12. The van der Waals surface area contributed by atoms with Crippen LogP contribution in [0.2, 0.25) is 0 Å². The third-order valence-corrected chi connectivity index (χ3v) is 5.48. The largest absolute Gasteiger partial charge is 0.345 e. The van der Waals surface area contributed by atoms with Crippen LogP contribution in [-0.2, 0) is 0 Å². The lowest BCUT2D eigenvalue weighted by molar-refractivity contribution is 0.0939. The summed E-state index contributed by atoms with van der Waals surface area (Å²) in [5.41, 5.74) is 3.24. The fraction of sp³-hybridized carbons (Fsp3) is 0.111. The number of urea groups is 1. The van der Waals surface area contributed by atoms with E-state index in [0.29, 0.717) is 16.9 Å². The Balaban J connectivity index is 1.48. The molecule has 0 aliphatic rings. The van der Waals surface area contributed by atoms with Crippen LogP contribution in [0.5, 0.6) is 0 Å². The lowest BCUT2D eigenvalue weighted by Gasteiger charge is -2.18. The Bertz CT molecular complexity index is 1310. The molecule has 0 bridgehead atoms. The molecule has 0 heterocycles. The van der Waals surface area contributed by atoms with E-state index in [4.69, 9.17) is 0 Å². The van der Waals surface area contributed by atoms with Gasteiger partial charge in [0.2, 0.25) is 0 Å². The van der Waals surface area contributed by atoms with Crippen molar-refractivity contribution >= 4 is 34.1 Å². The zero-order valence-corrected chi connectivity index (χ0v) is 18.4. The fourth-order valence-electron chi connectivity index (χ4n) is 3.75. The maximum absolute atomic E-state index is 13.1. The van der Waals surface area contributed by atoms with E-state index in [0.717, 1.165) is 21.9 Å². The first-order valence-electron chi connectivity index (χ1n) is 10.6. The molecule has 0 fully saturated rings. The van der Waals surface area contributed by atoms with Crippen LogP contribution in [-0.4, -0.2) is 11.9 Å². The van der Waals surface area contributed by atoms with Crippen molar-refractivity contribution in [3.8, 4) is 0 Å². The van der Waals surface area contributed by atoms with Crippen LogP contribution in [0.15, 0.2) is 84.9 Å². The summed E-state index contributed by atoms with van der Waals surface area (Å²) in [4.78, 5) is 25.4. The number of aryl methyl sites for hydroxylation is 1. The van der Waals surface area contributed by atoms with Crippen LogP contribution < -0.4 is 16.0 Å². The monoisotopic (exact) mass is 441 g/mol. The quantitative estimate of drug-likeness (QED) is 0.334. The second kappa shape index (κ2) is 9.53. The molecule has 0 aliphatic carbocycles. The molecule has 6 heteroatoms. The highest BCUT2D eigenvalue weighted by atomic mass is 19.1. The average Bonchev–Trinajstić information content (AvgIpc) is 2.81. The Morgan fingerprint density at radius 2 is 1.48 bits per heavy atom. The van der Waals surface area contributed by atoms with Gasteiger partial charge in [-0.2, -0.15) is 0 Å². The van der Waals surface area contributed by atoms with Gasteiger partial charge in [0.1, 0.15) is 5.82 Å². The average molecular weight is 442 g/mol. The van der Waals surface area contributed by atoms with Crippen molar-refractivity contribution in [2.24, 2.45) is 0 Å². The molecule has 0 saturated heterocycles. The minimum absolute atomic E-state index is 0.207. The zero-order chi connectivity index (χ0) is 23.4.